The van der Waals surface area contributed by atoms with Crippen LogP contribution < -0.4 is 10.3 Å². The van der Waals surface area contributed by atoms with Gasteiger partial charge in [0.25, 0.3) is 5.56 Å². The molecule has 0 bridgehead atoms. The van der Waals surface area contributed by atoms with Crippen molar-refractivity contribution >= 4 is 21.6 Å². The van der Waals surface area contributed by atoms with Crippen LogP contribution in [0.4, 0.5) is 0 Å². The van der Waals surface area contributed by atoms with Crippen molar-refractivity contribution in [3.8, 4) is 16.9 Å². The Hall–Kier alpha value is -2.18. The maximum absolute atomic E-state index is 13.2. The fourth-order valence-corrected chi connectivity index (χ4v) is 4.18. The maximum Gasteiger partial charge on any atom is 0.262 e. The van der Waals surface area contributed by atoms with Gasteiger partial charge in [-0.1, -0.05) is 19.1 Å². The lowest BCUT2D eigenvalue weighted by atomic mass is 10.0. The topological polar surface area (TPSA) is 53.4 Å². The van der Waals surface area contributed by atoms with E-state index in [1.807, 2.05) is 31.2 Å². The maximum atomic E-state index is 13.2. The molecular weight excluding hydrogens is 336 g/mol. The normalized spacial score (nSPS) is 11.2. The SMILES string of the molecule is CCc1sc2nc(C)n(CCOC)c(=O)c2c1-c1cccc(OC)c1. The average Bonchev–Trinajstić information content (AvgIpc) is 3.00. The van der Waals surface area contributed by atoms with Gasteiger partial charge >= 0.3 is 0 Å². The molecule has 0 spiro atoms. The second kappa shape index (κ2) is 7.37. The van der Waals surface area contributed by atoms with Gasteiger partial charge in [-0.3, -0.25) is 9.36 Å². The number of rotatable bonds is 6. The van der Waals surface area contributed by atoms with E-state index in [1.54, 1.807) is 30.1 Å². The van der Waals surface area contributed by atoms with Gasteiger partial charge in [-0.15, -0.1) is 11.3 Å². The van der Waals surface area contributed by atoms with Gasteiger partial charge in [0, 0.05) is 17.6 Å². The minimum absolute atomic E-state index is 0.00619. The largest absolute Gasteiger partial charge is 0.497 e. The van der Waals surface area contributed by atoms with Crippen molar-refractivity contribution in [3.63, 3.8) is 0 Å². The molecule has 0 aliphatic heterocycles. The van der Waals surface area contributed by atoms with E-state index >= 15 is 0 Å². The van der Waals surface area contributed by atoms with Crippen molar-refractivity contribution < 1.29 is 9.47 Å². The molecule has 3 aromatic rings. The summed E-state index contributed by atoms with van der Waals surface area (Å²) >= 11 is 1.60. The van der Waals surface area contributed by atoms with E-state index in [4.69, 9.17) is 9.47 Å². The number of thiophene rings is 1. The van der Waals surface area contributed by atoms with Gasteiger partial charge in [-0.25, -0.2) is 4.98 Å². The average molecular weight is 358 g/mol. The highest BCUT2D eigenvalue weighted by Crippen LogP contribution is 2.37. The summed E-state index contributed by atoms with van der Waals surface area (Å²) in [6.07, 6.45) is 0.851. The molecule has 25 heavy (non-hydrogen) atoms. The molecule has 0 aliphatic carbocycles. The summed E-state index contributed by atoms with van der Waals surface area (Å²) in [5.74, 6) is 1.49. The minimum atomic E-state index is -0.00619. The Bertz CT molecular complexity index is 959. The zero-order valence-corrected chi connectivity index (χ0v) is 15.8. The van der Waals surface area contributed by atoms with E-state index in [1.165, 1.54) is 0 Å². The summed E-state index contributed by atoms with van der Waals surface area (Å²) in [5, 5.41) is 0.691. The zero-order valence-electron chi connectivity index (χ0n) is 15.0. The number of hydrogen-bond acceptors (Lipinski definition) is 5. The zero-order chi connectivity index (χ0) is 18.0. The second-order valence-corrected chi connectivity index (χ2v) is 6.86. The molecule has 2 heterocycles. The highest BCUT2D eigenvalue weighted by atomic mass is 32.1. The Morgan fingerprint density at radius 2 is 2.08 bits per heavy atom. The first-order chi connectivity index (χ1) is 12.1. The van der Waals surface area contributed by atoms with E-state index < -0.39 is 0 Å². The standard InChI is InChI=1S/C19H22N2O3S/c1-5-15-16(13-7-6-8-14(11-13)24-4)17-18(25-15)20-12(2)21(19(17)22)9-10-23-3/h6-8,11H,5,9-10H2,1-4H3. The van der Waals surface area contributed by atoms with Gasteiger partial charge in [0.15, 0.2) is 0 Å². The second-order valence-electron chi connectivity index (χ2n) is 5.77. The van der Waals surface area contributed by atoms with E-state index in [9.17, 15) is 4.79 Å². The Kier molecular flexibility index (Phi) is 5.20. The number of benzene rings is 1. The summed E-state index contributed by atoms with van der Waals surface area (Å²) in [6, 6.07) is 7.84. The predicted octanol–water partition coefficient (Wildman–Crippen LogP) is 3.65. The van der Waals surface area contributed by atoms with Crippen LogP contribution in [0, 0.1) is 6.92 Å². The van der Waals surface area contributed by atoms with Crippen LogP contribution in [0.25, 0.3) is 21.3 Å². The molecule has 5 nitrogen and oxygen atoms in total. The van der Waals surface area contributed by atoms with Crippen LogP contribution in [0.5, 0.6) is 5.75 Å². The Balaban J connectivity index is 2.31. The molecule has 132 valence electrons. The molecule has 0 saturated heterocycles. The van der Waals surface area contributed by atoms with Gasteiger partial charge in [0.1, 0.15) is 16.4 Å². The van der Waals surface area contributed by atoms with Gasteiger partial charge in [-0.05, 0) is 31.0 Å². The minimum Gasteiger partial charge on any atom is -0.497 e. The van der Waals surface area contributed by atoms with Crippen LogP contribution in [0.3, 0.4) is 0 Å². The molecule has 0 unspecified atom stereocenters. The van der Waals surface area contributed by atoms with Gasteiger partial charge < -0.3 is 9.47 Å². The molecule has 3 rings (SSSR count). The van der Waals surface area contributed by atoms with Gasteiger partial charge in [0.05, 0.1) is 25.6 Å². The fourth-order valence-electron chi connectivity index (χ4n) is 3.01. The molecule has 6 heteroatoms. The summed E-state index contributed by atoms with van der Waals surface area (Å²) in [4.78, 5) is 19.8. The predicted molar refractivity (Wildman–Crippen MR) is 102 cm³/mol. The lowest BCUT2D eigenvalue weighted by Crippen LogP contribution is -2.25. The fraction of sp³-hybridized carbons (Fsp3) is 0.368. The Morgan fingerprint density at radius 3 is 2.76 bits per heavy atom. The van der Waals surface area contributed by atoms with Crippen molar-refractivity contribution in [1.82, 2.24) is 9.55 Å². The third-order valence-corrected chi connectivity index (χ3v) is 5.50. The molecule has 1 aromatic carbocycles. The summed E-state index contributed by atoms with van der Waals surface area (Å²) < 4.78 is 12.2. The van der Waals surface area contributed by atoms with Crippen molar-refractivity contribution in [2.24, 2.45) is 0 Å². The lowest BCUT2D eigenvalue weighted by Gasteiger charge is -2.10. The third-order valence-electron chi connectivity index (χ3n) is 4.27. The number of nitrogens with zero attached hydrogens (tertiary/aromatic N) is 2. The number of hydrogen-bond donors (Lipinski definition) is 0. The summed E-state index contributed by atoms with van der Waals surface area (Å²) in [7, 11) is 3.28. The van der Waals surface area contributed by atoms with Crippen LogP contribution in [-0.2, 0) is 17.7 Å². The van der Waals surface area contributed by atoms with Crippen LogP contribution in [-0.4, -0.2) is 30.4 Å². The molecule has 2 aromatic heterocycles. The van der Waals surface area contributed by atoms with Gasteiger partial charge in [-0.2, -0.15) is 0 Å². The number of ether oxygens (including phenoxy) is 2. The van der Waals surface area contributed by atoms with Crippen molar-refractivity contribution in [1.29, 1.82) is 0 Å². The number of aryl methyl sites for hydroxylation is 2. The van der Waals surface area contributed by atoms with E-state index in [-0.39, 0.29) is 5.56 Å². The van der Waals surface area contributed by atoms with Crippen molar-refractivity contribution in [3.05, 3.63) is 45.3 Å². The number of methoxy groups -OCH3 is 2. The lowest BCUT2D eigenvalue weighted by molar-refractivity contribution is 0.185. The number of fused-ring (bicyclic) bond motifs is 1. The highest BCUT2D eigenvalue weighted by Gasteiger charge is 2.20. The first-order valence-corrected chi connectivity index (χ1v) is 9.08. The molecule has 0 N–H and O–H groups in total. The van der Waals surface area contributed by atoms with E-state index in [0.29, 0.717) is 18.5 Å². The smallest absolute Gasteiger partial charge is 0.262 e. The molecule has 0 amide bonds. The Morgan fingerprint density at radius 1 is 1.28 bits per heavy atom. The summed E-state index contributed by atoms with van der Waals surface area (Å²) in [6.45, 7) is 4.95. The quantitative estimate of drug-likeness (QED) is 0.675. The van der Waals surface area contributed by atoms with Crippen molar-refractivity contribution in [2.75, 3.05) is 20.8 Å². The van der Waals surface area contributed by atoms with E-state index in [2.05, 4.69) is 11.9 Å². The summed E-state index contributed by atoms with van der Waals surface area (Å²) in [5.41, 5.74) is 1.96. The molecular formula is C19H22N2O3S. The van der Waals surface area contributed by atoms with Gasteiger partial charge in [0.2, 0.25) is 0 Å². The van der Waals surface area contributed by atoms with Crippen LogP contribution in [0.15, 0.2) is 29.1 Å². The first-order valence-electron chi connectivity index (χ1n) is 8.26. The highest BCUT2D eigenvalue weighted by molar-refractivity contribution is 7.19. The monoisotopic (exact) mass is 358 g/mol. The molecule has 0 saturated carbocycles. The molecule has 0 radical (unpaired) electrons. The molecule has 0 atom stereocenters. The molecule has 0 aliphatic rings. The first kappa shape index (κ1) is 17.6. The Labute approximate surface area is 150 Å². The van der Waals surface area contributed by atoms with Crippen LogP contribution >= 0.6 is 11.3 Å². The van der Waals surface area contributed by atoms with Crippen molar-refractivity contribution in [2.45, 2.75) is 26.8 Å². The number of aromatic nitrogens is 2. The third kappa shape index (κ3) is 3.19. The molecule has 0 fully saturated rings. The van der Waals surface area contributed by atoms with Crippen LogP contribution in [0.2, 0.25) is 0 Å². The van der Waals surface area contributed by atoms with Crippen LogP contribution in [0.1, 0.15) is 17.6 Å². The van der Waals surface area contributed by atoms with E-state index in [0.717, 1.165) is 38.8 Å².